The number of fused-ring (bicyclic) bond motifs is 1. The van der Waals surface area contributed by atoms with E-state index in [9.17, 15) is 8.39 Å². The van der Waals surface area contributed by atoms with Gasteiger partial charge in [0.25, 0.3) is 0 Å². The average molecular weight is 386 g/mol. The minimum atomic E-state index is -0.879. The van der Waals surface area contributed by atoms with Crippen LogP contribution in [-0.4, -0.2) is 5.29 Å². The lowest BCUT2D eigenvalue weighted by atomic mass is 9.95. The summed E-state index contributed by atoms with van der Waals surface area (Å²) < 4.78 is 27.7. The largest absolute Gasteiger partial charge is 0.225 e. The Labute approximate surface area is 157 Å². The van der Waals surface area contributed by atoms with Gasteiger partial charge in [0, 0.05) is 16.2 Å². The molecule has 0 N–H and O–H groups in total. The van der Waals surface area contributed by atoms with Crippen molar-refractivity contribution < 1.29 is 8.39 Å². The number of rotatable bonds is 4. The number of hydrogen-bond acceptors (Lipinski definition) is 0. The molecule has 1 atom stereocenters. The van der Waals surface area contributed by atoms with E-state index >= 15 is 0 Å². The second-order valence-electron chi connectivity index (χ2n) is 5.32. The highest BCUT2D eigenvalue weighted by atomic mass is 31.1. The van der Waals surface area contributed by atoms with Gasteiger partial charge in [0.05, 0.1) is 8.89 Å². The third-order valence-electron chi connectivity index (χ3n) is 3.91. The Bertz CT molecular complexity index is 930. The first-order valence-corrected chi connectivity index (χ1v) is 10.3. The van der Waals surface area contributed by atoms with Gasteiger partial charge in [-0.2, -0.15) is 4.20 Å². The van der Waals surface area contributed by atoms with E-state index < -0.39 is 8.89 Å². The number of halogens is 2. The first-order chi connectivity index (χ1) is 12.8. The SMILES string of the molecule is C/C=C\c1ccccc1C(=PF)c1c(PF)ccc2ccccc12.CC. The molecule has 26 heavy (non-hydrogen) atoms. The van der Waals surface area contributed by atoms with Crippen LogP contribution in [0.25, 0.3) is 16.8 Å². The monoisotopic (exact) mass is 386 g/mol. The molecule has 0 saturated heterocycles. The van der Waals surface area contributed by atoms with E-state index in [1.54, 1.807) is 6.07 Å². The van der Waals surface area contributed by atoms with Crippen LogP contribution >= 0.6 is 17.4 Å². The molecule has 0 spiro atoms. The third-order valence-corrected chi connectivity index (χ3v) is 5.17. The fraction of sp³-hybridized carbons (Fsp3) is 0.136. The van der Waals surface area contributed by atoms with Gasteiger partial charge in [0.2, 0.25) is 0 Å². The Balaban J connectivity index is 0.00000117. The summed E-state index contributed by atoms with van der Waals surface area (Å²) >= 11 is 0. The molecule has 0 fully saturated rings. The molecular formula is C22H22F2P2. The van der Waals surface area contributed by atoms with E-state index in [4.69, 9.17) is 0 Å². The van der Waals surface area contributed by atoms with E-state index in [2.05, 4.69) is 0 Å². The van der Waals surface area contributed by atoms with E-state index in [-0.39, 0.29) is 8.51 Å². The molecule has 0 aliphatic carbocycles. The third kappa shape index (κ3) is 4.26. The van der Waals surface area contributed by atoms with Crippen molar-refractivity contribution in [1.29, 1.82) is 0 Å². The lowest BCUT2D eigenvalue weighted by Gasteiger charge is -2.15. The van der Waals surface area contributed by atoms with E-state index in [0.717, 1.165) is 21.9 Å². The zero-order valence-corrected chi connectivity index (χ0v) is 17.0. The normalized spacial score (nSPS) is 12.0. The predicted octanol–water partition coefficient (Wildman–Crippen LogP) is 7.49. The molecule has 0 aromatic heterocycles. The number of benzene rings is 3. The first-order valence-electron chi connectivity index (χ1n) is 8.60. The molecular weight excluding hydrogens is 364 g/mol. The number of hydrogen-bond donors (Lipinski definition) is 0. The summed E-state index contributed by atoms with van der Waals surface area (Å²) in [6, 6.07) is 19.0. The Hall–Kier alpha value is -1.88. The summed E-state index contributed by atoms with van der Waals surface area (Å²) in [6.07, 6.45) is 3.87. The topological polar surface area (TPSA) is 0 Å². The van der Waals surface area contributed by atoms with Crippen molar-refractivity contribution in [2.45, 2.75) is 20.8 Å². The molecule has 0 radical (unpaired) electrons. The maximum atomic E-state index is 14.1. The molecule has 0 aliphatic rings. The molecule has 1 unspecified atom stereocenters. The average Bonchev–Trinajstić information content (AvgIpc) is 2.71. The Kier molecular flexibility index (Phi) is 8.10. The first kappa shape index (κ1) is 20.4. The standard InChI is InChI=1S/C20H16F2P2.C2H6/c1-2-7-14-8-4-6-11-17(14)20(24-22)19-16-10-5-3-9-15(16)12-13-18(19)23-21;1-2/h2-13,23H,1H3;1-2H3/b7-2-;. The van der Waals surface area contributed by atoms with Gasteiger partial charge in [-0.05, 0) is 28.8 Å². The van der Waals surface area contributed by atoms with Crippen molar-refractivity contribution in [3.63, 3.8) is 0 Å². The van der Waals surface area contributed by atoms with Crippen LogP contribution in [0.3, 0.4) is 0 Å². The highest BCUT2D eigenvalue weighted by Crippen LogP contribution is 2.30. The van der Waals surface area contributed by atoms with Crippen LogP contribution in [0.1, 0.15) is 37.5 Å². The minimum Gasteiger partial charge on any atom is -0.225 e. The second-order valence-corrected chi connectivity index (χ2v) is 6.67. The minimum absolute atomic E-state index is 0.366. The van der Waals surface area contributed by atoms with Crippen molar-refractivity contribution in [2.24, 2.45) is 0 Å². The van der Waals surface area contributed by atoms with Crippen molar-refractivity contribution >= 4 is 44.9 Å². The van der Waals surface area contributed by atoms with Gasteiger partial charge in [-0.1, -0.05) is 86.7 Å². The van der Waals surface area contributed by atoms with E-state index in [1.807, 2.05) is 87.5 Å². The molecule has 3 aromatic carbocycles. The molecule has 4 heteroatoms. The number of allylic oxidation sites excluding steroid dienone is 1. The quantitative estimate of drug-likeness (QED) is 0.408. The van der Waals surface area contributed by atoms with Gasteiger partial charge in [-0.25, -0.2) is 4.20 Å². The molecule has 0 aliphatic heterocycles. The summed E-state index contributed by atoms with van der Waals surface area (Å²) in [6.45, 7) is 5.93. The van der Waals surface area contributed by atoms with Crippen LogP contribution < -0.4 is 5.30 Å². The molecule has 0 nitrogen and oxygen atoms in total. The molecule has 134 valence electrons. The van der Waals surface area contributed by atoms with Gasteiger partial charge in [0.1, 0.15) is 8.51 Å². The summed E-state index contributed by atoms with van der Waals surface area (Å²) in [7, 11) is -1.24. The smallest absolute Gasteiger partial charge is 0.122 e. The summed E-state index contributed by atoms with van der Waals surface area (Å²) in [5.41, 5.74) is 2.41. The lowest BCUT2D eigenvalue weighted by Crippen LogP contribution is -2.13. The van der Waals surface area contributed by atoms with Gasteiger partial charge in [-0.3, -0.25) is 0 Å². The second kappa shape index (κ2) is 10.3. The van der Waals surface area contributed by atoms with Gasteiger partial charge in [0.15, 0.2) is 0 Å². The summed E-state index contributed by atoms with van der Waals surface area (Å²) in [5.74, 6) is 0. The van der Waals surface area contributed by atoms with Crippen LogP contribution in [0, 0.1) is 0 Å². The van der Waals surface area contributed by atoms with Crippen molar-refractivity contribution in [3.8, 4) is 0 Å². The van der Waals surface area contributed by atoms with Crippen molar-refractivity contribution in [2.75, 3.05) is 0 Å². The van der Waals surface area contributed by atoms with Gasteiger partial charge >= 0.3 is 0 Å². The maximum Gasteiger partial charge on any atom is 0.122 e. The van der Waals surface area contributed by atoms with E-state index in [1.165, 1.54) is 0 Å². The molecule has 0 saturated carbocycles. The van der Waals surface area contributed by atoms with Crippen LogP contribution in [0.2, 0.25) is 0 Å². The molecule has 3 aromatic rings. The Morgan fingerprint density at radius 1 is 0.962 bits per heavy atom. The van der Waals surface area contributed by atoms with Crippen LogP contribution in [0.4, 0.5) is 8.39 Å². The van der Waals surface area contributed by atoms with E-state index in [0.29, 0.717) is 16.2 Å². The van der Waals surface area contributed by atoms with Crippen LogP contribution in [-0.2, 0) is 0 Å². The predicted molar refractivity (Wildman–Crippen MR) is 117 cm³/mol. The highest BCUT2D eigenvalue weighted by Gasteiger charge is 2.17. The van der Waals surface area contributed by atoms with Crippen molar-refractivity contribution in [3.05, 3.63) is 83.4 Å². The molecule has 0 amide bonds. The fourth-order valence-corrected chi connectivity index (χ4v) is 4.09. The zero-order valence-electron chi connectivity index (χ0n) is 15.1. The summed E-state index contributed by atoms with van der Waals surface area (Å²) in [5, 5.41) is 2.93. The van der Waals surface area contributed by atoms with Gasteiger partial charge in [-0.15, -0.1) is 0 Å². The molecule has 0 bridgehead atoms. The Morgan fingerprint density at radius 2 is 1.65 bits per heavy atom. The van der Waals surface area contributed by atoms with Crippen LogP contribution in [0.15, 0.2) is 66.7 Å². The highest BCUT2D eigenvalue weighted by molar-refractivity contribution is 7.43. The van der Waals surface area contributed by atoms with Gasteiger partial charge < -0.3 is 0 Å². The molecule has 0 heterocycles. The maximum absolute atomic E-state index is 14.1. The van der Waals surface area contributed by atoms with Crippen LogP contribution in [0.5, 0.6) is 0 Å². The lowest BCUT2D eigenvalue weighted by molar-refractivity contribution is 0.929. The molecule has 3 rings (SSSR count). The van der Waals surface area contributed by atoms with Crippen molar-refractivity contribution in [1.82, 2.24) is 0 Å². The zero-order chi connectivity index (χ0) is 18.9. The summed E-state index contributed by atoms with van der Waals surface area (Å²) in [4.78, 5) is 0. The fourth-order valence-electron chi connectivity index (χ4n) is 2.87. The Morgan fingerprint density at radius 3 is 2.35 bits per heavy atom.